The van der Waals surface area contributed by atoms with E-state index in [0.29, 0.717) is 32.2 Å². The van der Waals surface area contributed by atoms with E-state index in [-0.39, 0.29) is 11.9 Å². The molecular formula is C20H27F4N3O. The Kier molecular flexibility index (Phi) is 6.80. The monoisotopic (exact) mass is 401 g/mol. The molecule has 4 nitrogen and oxygen atoms in total. The van der Waals surface area contributed by atoms with Gasteiger partial charge in [-0.25, -0.2) is 9.18 Å². The van der Waals surface area contributed by atoms with Crippen LogP contribution in [0.25, 0.3) is 0 Å². The van der Waals surface area contributed by atoms with Crippen molar-refractivity contribution < 1.29 is 22.4 Å². The lowest BCUT2D eigenvalue weighted by molar-refractivity contribution is -0.164. The average Bonchev–Trinajstić information content (AvgIpc) is 3.16. The molecule has 28 heavy (non-hydrogen) atoms. The van der Waals surface area contributed by atoms with Gasteiger partial charge in [-0.15, -0.1) is 0 Å². The van der Waals surface area contributed by atoms with Crippen LogP contribution < -0.4 is 10.6 Å². The maximum atomic E-state index is 13.3. The van der Waals surface area contributed by atoms with Gasteiger partial charge in [-0.05, 0) is 49.3 Å². The molecule has 1 saturated carbocycles. The quantitative estimate of drug-likeness (QED) is 0.726. The molecule has 0 bridgehead atoms. The SMILES string of the molecule is O=C(NC1CCN(Cc2ccc(F)cc2)CC1)NC(C1CCCC1)C(F)(F)F. The van der Waals surface area contributed by atoms with E-state index in [1.165, 1.54) is 12.1 Å². The molecule has 156 valence electrons. The zero-order valence-electron chi connectivity index (χ0n) is 15.8. The van der Waals surface area contributed by atoms with Gasteiger partial charge in [0.15, 0.2) is 0 Å². The summed E-state index contributed by atoms with van der Waals surface area (Å²) in [6.45, 7) is 2.15. The van der Waals surface area contributed by atoms with Crippen molar-refractivity contribution in [2.24, 2.45) is 5.92 Å². The third kappa shape index (κ3) is 5.83. The second-order valence-electron chi connectivity index (χ2n) is 7.86. The Morgan fingerprint density at radius 1 is 1.07 bits per heavy atom. The smallest absolute Gasteiger partial charge is 0.335 e. The zero-order chi connectivity index (χ0) is 20.1. The molecule has 1 saturated heterocycles. The van der Waals surface area contributed by atoms with Gasteiger partial charge >= 0.3 is 12.2 Å². The van der Waals surface area contributed by atoms with Crippen molar-refractivity contribution in [3.63, 3.8) is 0 Å². The molecule has 1 heterocycles. The number of benzene rings is 1. The summed E-state index contributed by atoms with van der Waals surface area (Å²) in [5, 5.41) is 4.89. The van der Waals surface area contributed by atoms with Crippen LogP contribution in [0.3, 0.4) is 0 Å². The van der Waals surface area contributed by atoms with Gasteiger partial charge in [0, 0.05) is 25.7 Å². The van der Waals surface area contributed by atoms with E-state index in [1.807, 2.05) is 0 Å². The first-order valence-electron chi connectivity index (χ1n) is 9.92. The van der Waals surface area contributed by atoms with E-state index in [1.54, 1.807) is 12.1 Å². The van der Waals surface area contributed by atoms with Gasteiger partial charge in [-0.2, -0.15) is 13.2 Å². The number of piperidine rings is 1. The Morgan fingerprint density at radius 3 is 2.25 bits per heavy atom. The van der Waals surface area contributed by atoms with Crippen LogP contribution in [0.5, 0.6) is 0 Å². The minimum absolute atomic E-state index is 0.137. The number of halogens is 4. The van der Waals surface area contributed by atoms with E-state index in [9.17, 15) is 22.4 Å². The van der Waals surface area contributed by atoms with Gasteiger partial charge in [-0.3, -0.25) is 4.90 Å². The molecule has 1 aliphatic heterocycles. The molecule has 2 N–H and O–H groups in total. The number of carbonyl (C=O) groups excluding carboxylic acids is 1. The molecule has 1 aromatic carbocycles. The van der Waals surface area contributed by atoms with Crippen molar-refractivity contribution >= 4 is 6.03 Å². The number of rotatable bonds is 5. The minimum Gasteiger partial charge on any atom is -0.335 e. The molecule has 2 amide bonds. The highest BCUT2D eigenvalue weighted by molar-refractivity contribution is 5.74. The van der Waals surface area contributed by atoms with Crippen LogP contribution in [0.1, 0.15) is 44.1 Å². The maximum absolute atomic E-state index is 13.3. The highest BCUT2D eigenvalue weighted by Gasteiger charge is 2.46. The molecular weight excluding hydrogens is 374 g/mol. The fourth-order valence-electron chi connectivity index (χ4n) is 4.21. The largest absolute Gasteiger partial charge is 0.408 e. The first-order chi connectivity index (χ1) is 13.3. The first kappa shape index (κ1) is 20.9. The van der Waals surface area contributed by atoms with Crippen molar-refractivity contribution in [1.82, 2.24) is 15.5 Å². The molecule has 1 unspecified atom stereocenters. The van der Waals surface area contributed by atoms with E-state index in [0.717, 1.165) is 31.5 Å². The third-order valence-corrected chi connectivity index (χ3v) is 5.75. The molecule has 0 spiro atoms. The normalized spacial score (nSPS) is 20.9. The second kappa shape index (κ2) is 9.11. The summed E-state index contributed by atoms with van der Waals surface area (Å²) < 4.78 is 52.9. The average molecular weight is 401 g/mol. The molecule has 1 aliphatic carbocycles. The van der Waals surface area contributed by atoms with Gasteiger partial charge in [0.05, 0.1) is 0 Å². The van der Waals surface area contributed by atoms with Gasteiger partial charge in [0.1, 0.15) is 11.9 Å². The topological polar surface area (TPSA) is 44.4 Å². The lowest BCUT2D eigenvalue weighted by Crippen LogP contribution is -2.55. The summed E-state index contributed by atoms with van der Waals surface area (Å²) >= 11 is 0. The van der Waals surface area contributed by atoms with E-state index in [4.69, 9.17) is 0 Å². The summed E-state index contributed by atoms with van der Waals surface area (Å²) in [6, 6.07) is 3.70. The molecule has 0 radical (unpaired) electrons. The van der Waals surface area contributed by atoms with Crippen LogP contribution in [0.2, 0.25) is 0 Å². The Labute approximate surface area is 162 Å². The summed E-state index contributed by atoms with van der Waals surface area (Å²) in [4.78, 5) is 14.4. The summed E-state index contributed by atoms with van der Waals surface area (Å²) in [5.74, 6) is -0.796. The van der Waals surface area contributed by atoms with Crippen LogP contribution in [0, 0.1) is 11.7 Å². The summed E-state index contributed by atoms with van der Waals surface area (Å²) in [6.07, 6.45) is -0.493. The molecule has 1 aromatic rings. The van der Waals surface area contributed by atoms with Crippen LogP contribution in [0.4, 0.5) is 22.4 Å². The highest BCUT2D eigenvalue weighted by atomic mass is 19.4. The number of carbonyl (C=O) groups is 1. The molecule has 2 aliphatic rings. The molecule has 8 heteroatoms. The predicted molar refractivity (Wildman–Crippen MR) is 98.2 cm³/mol. The van der Waals surface area contributed by atoms with Crippen molar-refractivity contribution in [3.05, 3.63) is 35.6 Å². The summed E-state index contributed by atoms with van der Waals surface area (Å²) in [7, 11) is 0. The predicted octanol–water partition coefficient (Wildman–Crippen LogP) is 4.21. The van der Waals surface area contributed by atoms with Crippen molar-refractivity contribution in [1.29, 1.82) is 0 Å². The number of amides is 2. The minimum atomic E-state index is -4.43. The van der Waals surface area contributed by atoms with Crippen LogP contribution in [0.15, 0.2) is 24.3 Å². The fraction of sp³-hybridized carbons (Fsp3) is 0.650. The van der Waals surface area contributed by atoms with E-state index in [2.05, 4.69) is 15.5 Å². The van der Waals surface area contributed by atoms with Crippen LogP contribution in [-0.4, -0.2) is 42.3 Å². The lowest BCUT2D eigenvalue weighted by Gasteiger charge is -2.33. The van der Waals surface area contributed by atoms with Crippen molar-refractivity contribution in [3.8, 4) is 0 Å². The Hall–Kier alpha value is -1.83. The van der Waals surface area contributed by atoms with E-state index >= 15 is 0 Å². The second-order valence-corrected chi connectivity index (χ2v) is 7.86. The van der Waals surface area contributed by atoms with Crippen LogP contribution >= 0.6 is 0 Å². The van der Waals surface area contributed by atoms with Crippen LogP contribution in [-0.2, 0) is 6.54 Å². The molecule has 1 atom stereocenters. The van der Waals surface area contributed by atoms with Gasteiger partial charge in [0.2, 0.25) is 0 Å². The van der Waals surface area contributed by atoms with Gasteiger partial charge in [-0.1, -0.05) is 25.0 Å². The number of nitrogens with one attached hydrogen (secondary N) is 2. The lowest BCUT2D eigenvalue weighted by atomic mass is 9.97. The number of hydrogen-bond donors (Lipinski definition) is 2. The first-order valence-corrected chi connectivity index (χ1v) is 9.92. The molecule has 2 fully saturated rings. The Balaban J connectivity index is 1.44. The standard InChI is InChI=1S/C20H27F4N3O/c21-16-7-5-14(6-8-16)13-27-11-9-17(10-12-27)25-19(28)26-18(20(22,23)24)15-3-1-2-4-15/h5-8,15,17-18H,1-4,9-13H2,(H2,25,26,28). The summed E-state index contributed by atoms with van der Waals surface area (Å²) in [5.41, 5.74) is 1.01. The third-order valence-electron chi connectivity index (χ3n) is 5.75. The number of nitrogens with zero attached hydrogens (tertiary/aromatic N) is 1. The van der Waals surface area contributed by atoms with Crippen molar-refractivity contribution in [2.45, 2.75) is 63.3 Å². The van der Waals surface area contributed by atoms with Gasteiger partial charge < -0.3 is 10.6 Å². The Morgan fingerprint density at radius 2 is 1.68 bits per heavy atom. The Bertz CT molecular complexity index is 636. The zero-order valence-corrected chi connectivity index (χ0v) is 15.8. The van der Waals surface area contributed by atoms with E-state index < -0.39 is 24.2 Å². The number of alkyl halides is 3. The maximum Gasteiger partial charge on any atom is 0.408 e. The van der Waals surface area contributed by atoms with Crippen molar-refractivity contribution in [2.75, 3.05) is 13.1 Å². The van der Waals surface area contributed by atoms with Gasteiger partial charge in [0.25, 0.3) is 0 Å². The molecule has 0 aromatic heterocycles. The number of urea groups is 1. The fourth-order valence-corrected chi connectivity index (χ4v) is 4.21. The highest BCUT2D eigenvalue weighted by Crippen LogP contribution is 2.35. The number of hydrogen-bond acceptors (Lipinski definition) is 2. The number of likely N-dealkylation sites (tertiary alicyclic amines) is 1. The molecule has 3 rings (SSSR count).